The highest BCUT2D eigenvalue weighted by Gasteiger charge is 2.29. The summed E-state index contributed by atoms with van der Waals surface area (Å²) in [5, 5.41) is 19.5. The van der Waals surface area contributed by atoms with Crippen molar-refractivity contribution in [3.63, 3.8) is 0 Å². The summed E-state index contributed by atoms with van der Waals surface area (Å²) in [5.74, 6) is 1.49. The van der Waals surface area contributed by atoms with Crippen molar-refractivity contribution in [3.8, 4) is 5.75 Å². The molecule has 0 saturated heterocycles. The molecule has 1 aromatic heterocycles. The van der Waals surface area contributed by atoms with Crippen molar-refractivity contribution in [1.82, 2.24) is 0 Å². The molecular formula is C20H26O3S. The molecule has 2 N–H and O–H groups in total. The average Bonchev–Trinajstić information content (AvgIpc) is 2.96. The second-order valence-electron chi connectivity index (χ2n) is 6.89. The van der Waals surface area contributed by atoms with Crippen molar-refractivity contribution in [2.24, 2.45) is 5.92 Å². The number of benzene rings is 1. The molecule has 1 aliphatic rings. The van der Waals surface area contributed by atoms with Gasteiger partial charge in [0.1, 0.15) is 5.75 Å². The average molecular weight is 346 g/mol. The van der Waals surface area contributed by atoms with Crippen LogP contribution in [0.25, 0.3) is 0 Å². The second kappa shape index (κ2) is 7.68. The molecule has 0 bridgehead atoms. The summed E-state index contributed by atoms with van der Waals surface area (Å²) in [7, 11) is 1.68. The third-order valence-electron chi connectivity index (χ3n) is 5.00. The molecule has 0 aliphatic heterocycles. The monoisotopic (exact) mass is 346 g/mol. The van der Waals surface area contributed by atoms with Crippen LogP contribution in [-0.2, 0) is 6.42 Å². The molecule has 2 aromatic rings. The molecule has 3 atom stereocenters. The van der Waals surface area contributed by atoms with E-state index in [0.717, 1.165) is 31.4 Å². The lowest BCUT2D eigenvalue weighted by atomic mass is 9.79. The smallest absolute Gasteiger partial charge is 0.118 e. The van der Waals surface area contributed by atoms with Crippen LogP contribution in [0.5, 0.6) is 5.75 Å². The molecule has 1 fully saturated rings. The van der Waals surface area contributed by atoms with Crippen molar-refractivity contribution >= 4 is 11.3 Å². The maximum atomic E-state index is 10.1. The fourth-order valence-corrected chi connectivity index (χ4v) is 4.98. The highest BCUT2D eigenvalue weighted by Crippen LogP contribution is 2.40. The molecule has 1 saturated carbocycles. The molecule has 24 heavy (non-hydrogen) atoms. The molecule has 4 heteroatoms. The van der Waals surface area contributed by atoms with Gasteiger partial charge in [0.15, 0.2) is 0 Å². The first kappa shape index (κ1) is 17.5. The predicted molar refractivity (Wildman–Crippen MR) is 98.0 cm³/mol. The highest BCUT2D eigenvalue weighted by atomic mass is 32.1. The highest BCUT2D eigenvalue weighted by molar-refractivity contribution is 7.12. The topological polar surface area (TPSA) is 49.7 Å². The number of aliphatic hydroxyl groups excluding tert-OH is 2. The third-order valence-corrected chi connectivity index (χ3v) is 6.40. The largest absolute Gasteiger partial charge is 0.497 e. The van der Waals surface area contributed by atoms with Gasteiger partial charge in [-0.25, -0.2) is 0 Å². The van der Waals surface area contributed by atoms with Crippen molar-refractivity contribution < 1.29 is 14.9 Å². The van der Waals surface area contributed by atoms with Gasteiger partial charge in [-0.05, 0) is 67.3 Å². The molecule has 0 radical (unpaired) electrons. The Labute approximate surface area is 147 Å². The van der Waals surface area contributed by atoms with Gasteiger partial charge in [-0.2, -0.15) is 0 Å². The van der Waals surface area contributed by atoms with Gasteiger partial charge in [0.25, 0.3) is 0 Å². The standard InChI is InChI=1S/C20H26O3S/c1-13-7-20(16-8-15(12-21)9-17(22)11-16)24-19(13)10-14-3-5-18(23-2)6-4-14/h3-7,15-17,21-22H,8-12H2,1-2H3. The lowest BCUT2D eigenvalue weighted by Gasteiger charge is -2.31. The molecular weight excluding hydrogens is 320 g/mol. The number of hydrogen-bond donors (Lipinski definition) is 2. The molecule has 130 valence electrons. The summed E-state index contributed by atoms with van der Waals surface area (Å²) >= 11 is 1.86. The van der Waals surface area contributed by atoms with Gasteiger partial charge in [-0.1, -0.05) is 12.1 Å². The van der Waals surface area contributed by atoms with E-state index in [-0.39, 0.29) is 18.6 Å². The Morgan fingerprint density at radius 1 is 1.17 bits per heavy atom. The van der Waals surface area contributed by atoms with Crippen LogP contribution in [-0.4, -0.2) is 30.0 Å². The number of ether oxygens (including phenoxy) is 1. The van der Waals surface area contributed by atoms with Gasteiger partial charge in [0.05, 0.1) is 13.2 Å². The molecule has 3 nitrogen and oxygen atoms in total. The van der Waals surface area contributed by atoms with Gasteiger partial charge in [-0.3, -0.25) is 0 Å². The van der Waals surface area contributed by atoms with Crippen LogP contribution < -0.4 is 4.74 Å². The zero-order valence-corrected chi connectivity index (χ0v) is 15.2. The zero-order valence-electron chi connectivity index (χ0n) is 14.4. The quantitative estimate of drug-likeness (QED) is 0.863. The van der Waals surface area contributed by atoms with Crippen LogP contribution in [0.15, 0.2) is 30.3 Å². The van der Waals surface area contributed by atoms with Crippen molar-refractivity contribution in [1.29, 1.82) is 0 Å². The van der Waals surface area contributed by atoms with Crippen molar-refractivity contribution in [2.45, 2.75) is 44.6 Å². The third kappa shape index (κ3) is 4.00. The Hall–Kier alpha value is -1.36. The first-order valence-electron chi connectivity index (χ1n) is 8.60. The van der Waals surface area contributed by atoms with E-state index < -0.39 is 0 Å². The van der Waals surface area contributed by atoms with Crippen LogP contribution in [0.2, 0.25) is 0 Å². The fraction of sp³-hybridized carbons (Fsp3) is 0.500. The zero-order chi connectivity index (χ0) is 17.1. The summed E-state index contributed by atoms with van der Waals surface area (Å²) in [6, 6.07) is 10.5. The maximum Gasteiger partial charge on any atom is 0.118 e. The van der Waals surface area contributed by atoms with Crippen molar-refractivity contribution in [3.05, 3.63) is 51.2 Å². The van der Waals surface area contributed by atoms with E-state index >= 15 is 0 Å². The fourth-order valence-electron chi connectivity index (χ4n) is 3.64. The lowest BCUT2D eigenvalue weighted by Crippen LogP contribution is -2.26. The summed E-state index contributed by atoms with van der Waals surface area (Å²) in [6.45, 7) is 2.35. The van der Waals surface area contributed by atoms with E-state index in [1.54, 1.807) is 7.11 Å². The number of thiophene rings is 1. The summed E-state index contributed by atoms with van der Waals surface area (Å²) in [6.07, 6.45) is 3.18. The molecule has 3 unspecified atom stereocenters. The second-order valence-corrected chi connectivity index (χ2v) is 8.05. The Morgan fingerprint density at radius 2 is 1.92 bits per heavy atom. The minimum absolute atomic E-state index is 0.177. The molecule has 0 spiro atoms. The number of methoxy groups -OCH3 is 1. The summed E-state index contributed by atoms with van der Waals surface area (Å²) < 4.78 is 5.22. The van der Waals surface area contributed by atoms with Gasteiger partial charge >= 0.3 is 0 Å². The predicted octanol–water partition coefficient (Wildman–Crippen LogP) is 3.89. The molecule has 0 amide bonds. The van der Waals surface area contributed by atoms with Crippen LogP contribution in [0.4, 0.5) is 0 Å². The van der Waals surface area contributed by atoms with E-state index in [9.17, 15) is 10.2 Å². The number of aliphatic hydroxyl groups is 2. The van der Waals surface area contributed by atoms with E-state index in [2.05, 4.69) is 25.1 Å². The van der Waals surface area contributed by atoms with Crippen molar-refractivity contribution in [2.75, 3.05) is 13.7 Å². The van der Waals surface area contributed by atoms with Crippen LogP contribution in [0, 0.1) is 12.8 Å². The first-order valence-corrected chi connectivity index (χ1v) is 9.41. The number of rotatable bonds is 5. The first-order chi connectivity index (χ1) is 11.6. The molecule has 1 heterocycles. The SMILES string of the molecule is COc1ccc(Cc2sc(C3CC(O)CC(CO)C3)cc2C)cc1. The number of hydrogen-bond acceptors (Lipinski definition) is 4. The summed E-state index contributed by atoms with van der Waals surface area (Å²) in [5.41, 5.74) is 2.61. The summed E-state index contributed by atoms with van der Waals surface area (Å²) in [4.78, 5) is 2.74. The molecule has 1 aliphatic carbocycles. The maximum absolute atomic E-state index is 10.1. The van der Waals surface area contributed by atoms with Gasteiger partial charge in [0, 0.05) is 22.8 Å². The van der Waals surface area contributed by atoms with Gasteiger partial charge in [0.2, 0.25) is 0 Å². The Bertz CT molecular complexity index is 662. The minimum atomic E-state index is -0.284. The van der Waals surface area contributed by atoms with Crippen LogP contribution >= 0.6 is 11.3 Å². The normalized spacial score (nSPS) is 24.1. The Morgan fingerprint density at radius 3 is 2.58 bits per heavy atom. The molecule has 1 aromatic carbocycles. The van der Waals surface area contributed by atoms with Crippen LogP contribution in [0.1, 0.15) is 46.1 Å². The van der Waals surface area contributed by atoms with E-state index in [1.807, 2.05) is 23.5 Å². The van der Waals surface area contributed by atoms with E-state index in [4.69, 9.17) is 4.74 Å². The van der Waals surface area contributed by atoms with Gasteiger partial charge < -0.3 is 14.9 Å². The van der Waals surface area contributed by atoms with Gasteiger partial charge in [-0.15, -0.1) is 11.3 Å². The van der Waals surface area contributed by atoms with Crippen LogP contribution in [0.3, 0.4) is 0 Å². The Balaban J connectivity index is 1.74. The minimum Gasteiger partial charge on any atom is -0.497 e. The van der Waals surface area contributed by atoms with E-state index in [1.165, 1.54) is 20.9 Å². The Kier molecular flexibility index (Phi) is 5.59. The number of aryl methyl sites for hydroxylation is 1. The lowest BCUT2D eigenvalue weighted by molar-refractivity contribution is 0.0656. The van der Waals surface area contributed by atoms with E-state index in [0.29, 0.717) is 5.92 Å². The molecule has 3 rings (SSSR count).